The minimum absolute atomic E-state index is 0.0163. The Hall–Kier alpha value is -1.19. The molecule has 0 radical (unpaired) electrons. The van der Waals surface area contributed by atoms with Crippen LogP contribution in [-0.2, 0) is 12.0 Å². The SMILES string of the molecule is Cc1sc(-c2ccc(C(C)(C)C)cc2)nc1CO. The van der Waals surface area contributed by atoms with Crippen LogP contribution >= 0.6 is 11.3 Å². The number of aromatic nitrogens is 1. The molecule has 0 atom stereocenters. The third-order valence-electron chi connectivity index (χ3n) is 3.04. The summed E-state index contributed by atoms with van der Waals surface area (Å²) in [6.45, 7) is 8.64. The summed E-state index contributed by atoms with van der Waals surface area (Å²) >= 11 is 1.63. The first-order valence-corrected chi connectivity index (χ1v) is 6.91. The summed E-state index contributed by atoms with van der Waals surface area (Å²) in [7, 11) is 0. The highest BCUT2D eigenvalue weighted by Crippen LogP contribution is 2.30. The van der Waals surface area contributed by atoms with E-state index in [0.717, 1.165) is 21.1 Å². The Labute approximate surface area is 112 Å². The smallest absolute Gasteiger partial charge is 0.123 e. The maximum Gasteiger partial charge on any atom is 0.123 e. The molecule has 0 aliphatic heterocycles. The first-order chi connectivity index (χ1) is 8.41. The van der Waals surface area contributed by atoms with Crippen LogP contribution in [-0.4, -0.2) is 10.1 Å². The fourth-order valence-electron chi connectivity index (χ4n) is 1.81. The first kappa shape index (κ1) is 13.2. The molecule has 96 valence electrons. The predicted octanol–water partition coefficient (Wildman–Crippen LogP) is 3.91. The minimum Gasteiger partial charge on any atom is -0.390 e. The zero-order valence-corrected chi connectivity index (χ0v) is 12.1. The van der Waals surface area contributed by atoms with Crippen molar-refractivity contribution in [2.75, 3.05) is 0 Å². The van der Waals surface area contributed by atoms with E-state index in [4.69, 9.17) is 0 Å². The van der Waals surface area contributed by atoms with Crippen LogP contribution in [0, 0.1) is 6.92 Å². The lowest BCUT2D eigenvalue weighted by molar-refractivity contribution is 0.277. The van der Waals surface area contributed by atoms with E-state index in [1.165, 1.54) is 5.56 Å². The Morgan fingerprint density at radius 3 is 2.22 bits per heavy atom. The van der Waals surface area contributed by atoms with Gasteiger partial charge in [-0.05, 0) is 17.9 Å². The summed E-state index contributed by atoms with van der Waals surface area (Å²) in [5.41, 5.74) is 3.40. The minimum atomic E-state index is 0.0163. The molecule has 3 heteroatoms. The number of thiazole rings is 1. The van der Waals surface area contributed by atoms with E-state index >= 15 is 0 Å². The van der Waals surface area contributed by atoms with Crippen molar-refractivity contribution in [1.29, 1.82) is 0 Å². The highest BCUT2D eigenvalue weighted by molar-refractivity contribution is 7.15. The molecule has 1 heterocycles. The molecule has 1 aromatic heterocycles. The number of nitrogens with zero attached hydrogens (tertiary/aromatic N) is 1. The molecule has 0 spiro atoms. The number of benzene rings is 1. The molecular formula is C15H19NOS. The van der Waals surface area contributed by atoms with Crippen LogP contribution in [0.3, 0.4) is 0 Å². The molecular weight excluding hydrogens is 242 g/mol. The summed E-state index contributed by atoms with van der Waals surface area (Å²) in [6, 6.07) is 8.54. The van der Waals surface area contributed by atoms with Crippen molar-refractivity contribution >= 4 is 11.3 Å². The van der Waals surface area contributed by atoms with Crippen molar-refractivity contribution in [2.45, 2.75) is 39.7 Å². The standard InChI is InChI=1S/C15H19NOS/c1-10-13(9-17)16-14(18-10)11-5-7-12(8-6-11)15(2,3)4/h5-8,17H,9H2,1-4H3. The summed E-state index contributed by atoms with van der Waals surface area (Å²) < 4.78 is 0. The molecule has 2 nitrogen and oxygen atoms in total. The topological polar surface area (TPSA) is 33.1 Å². The van der Waals surface area contributed by atoms with E-state index in [9.17, 15) is 5.11 Å². The Morgan fingerprint density at radius 1 is 1.17 bits per heavy atom. The molecule has 1 aromatic carbocycles. The molecule has 2 rings (SSSR count). The van der Waals surface area contributed by atoms with E-state index < -0.39 is 0 Å². The van der Waals surface area contributed by atoms with E-state index in [1.807, 2.05) is 6.92 Å². The normalized spacial score (nSPS) is 11.8. The van der Waals surface area contributed by atoms with Crippen LogP contribution in [0.1, 0.15) is 36.9 Å². The van der Waals surface area contributed by atoms with Gasteiger partial charge in [-0.25, -0.2) is 4.98 Å². The van der Waals surface area contributed by atoms with Gasteiger partial charge in [0.2, 0.25) is 0 Å². The third kappa shape index (κ3) is 2.62. The van der Waals surface area contributed by atoms with Gasteiger partial charge in [-0.1, -0.05) is 45.0 Å². The average molecular weight is 261 g/mol. The summed E-state index contributed by atoms with van der Waals surface area (Å²) in [5.74, 6) is 0. The van der Waals surface area contributed by atoms with Gasteiger partial charge in [0, 0.05) is 10.4 Å². The molecule has 1 N–H and O–H groups in total. The number of aryl methyl sites for hydroxylation is 1. The van der Waals surface area contributed by atoms with Crippen molar-refractivity contribution in [2.24, 2.45) is 0 Å². The van der Waals surface area contributed by atoms with Gasteiger partial charge in [0.05, 0.1) is 12.3 Å². The van der Waals surface area contributed by atoms with Gasteiger partial charge >= 0.3 is 0 Å². The maximum atomic E-state index is 9.17. The molecule has 0 unspecified atom stereocenters. The van der Waals surface area contributed by atoms with Gasteiger partial charge in [0.15, 0.2) is 0 Å². The fourth-order valence-corrected chi connectivity index (χ4v) is 2.74. The van der Waals surface area contributed by atoms with Crippen LogP contribution in [0.25, 0.3) is 10.6 Å². The van der Waals surface area contributed by atoms with Crippen LogP contribution in [0.15, 0.2) is 24.3 Å². The molecule has 0 saturated carbocycles. The lowest BCUT2D eigenvalue weighted by atomic mass is 9.87. The fraction of sp³-hybridized carbons (Fsp3) is 0.400. The number of aliphatic hydroxyl groups is 1. The molecule has 18 heavy (non-hydrogen) atoms. The number of aliphatic hydroxyl groups excluding tert-OH is 1. The van der Waals surface area contributed by atoms with Gasteiger partial charge in [-0.2, -0.15) is 0 Å². The molecule has 0 bridgehead atoms. The van der Waals surface area contributed by atoms with E-state index in [0.29, 0.717) is 0 Å². The zero-order valence-electron chi connectivity index (χ0n) is 11.3. The lowest BCUT2D eigenvalue weighted by Gasteiger charge is -2.18. The first-order valence-electron chi connectivity index (χ1n) is 6.10. The van der Waals surface area contributed by atoms with Gasteiger partial charge < -0.3 is 5.11 Å². The van der Waals surface area contributed by atoms with Gasteiger partial charge in [0.25, 0.3) is 0 Å². The molecule has 0 saturated heterocycles. The van der Waals surface area contributed by atoms with E-state index in [2.05, 4.69) is 50.0 Å². The summed E-state index contributed by atoms with van der Waals surface area (Å²) in [5, 5.41) is 10.2. The Bertz CT molecular complexity index is 535. The molecule has 2 aromatic rings. The zero-order chi connectivity index (χ0) is 13.3. The highest BCUT2D eigenvalue weighted by Gasteiger charge is 2.14. The summed E-state index contributed by atoms with van der Waals surface area (Å²) in [4.78, 5) is 5.55. The molecule has 0 aliphatic carbocycles. The third-order valence-corrected chi connectivity index (χ3v) is 4.10. The van der Waals surface area contributed by atoms with Crippen molar-refractivity contribution in [1.82, 2.24) is 4.98 Å². The lowest BCUT2D eigenvalue weighted by Crippen LogP contribution is -2.10. The largest absolute Gasteiger partial charge is 0.390 e. The van der Waals surface area contributed by atoms with Crippen molar-refractivity contribution in [3.05, 3.63) is 40.4 Å². The van der Waals surface area contributed by atoms with Crippen molar-refractivity contribution in [3.8, 4) is 10.6 Å². The van der Waals surface area contributed by atoms with E-state index in [1.54, 1.807) is 11.3 Å². The average Bonchev–Trinajstić information content (AvgIpc) is 2.69. The monoisotopic (exact) mass is 261 g/mol. The van der Waals surface area contributed by atoms with Crippen LogP contribution < -0.4 is 0 Å². The molecule has 0 amide bonds. The quantitative estimate of drug-likeness (QED) is 0.889. The second-order valence-corrected chi connectivity index (χ2v) is 6.71. The predicted molar refractivity (Wildman–Crippen MR) is 76.9 cm³/mol. The second kappa shape index (κ2) is 4.82. The Kier molecular flexibility index (Phi) is 3.55. The van der Waals surface area contributed by atoms with E-state index in [-0.39, 0.29) is 12.0 Å². The van der Waals surface area contributed by atoms with Crippen LogP contribution in [0.5, 0.6) is 0 Å². The summed E-state index contributed by atoms with van der Waals surface area (Å²) in [6.07, 6.45) is 0. The molecule has 0 aliphatic rings. The molecule has 0 fully saturated rings. The second-order valence-electron chi connectivity index (χ2n) is 5.51. The van der Waals surface area contributed by atoms with Gasteiger partial charge in [-0.3, -0.25) is 0 Å². The van der Waals surface area contributed by atoms with Gasteiger partial charge in [-0.15, -0.1) is 11.3 Å². The van der Waals surface area contributed by atoms with Crippen molar-refractivity contribution < 1.29 is 5.11 Å². The number of hydrogen-bond donors (Lipinski definition) is 1. The Balaban J connectivity index is 2.34. The maximum absolute atomic E-state index is 9.17. The van der Waals surface area contributed by atoms with Crippen molar-refractivity contribution in [3.63, 3.8) is 0 Å². The highest BCUT2D eigenvalue weighted by atomic mass is 32.1. The van der Waals surface area contributed by atoms with Gasteiger partial charge in [0.1, 0.15) is 5.01 Å². The number of hydrogen-bond acceptors (Lipinski definition) is 3. The Morgan fingerprint density at radius 2 is 1.78 bits per heavy atom. The number of rotatable bonds is 2. The van der Waals surface area contributed by atoms with Crippen LogP contribution in [0.4, 0.5) is 0 Å². The van der Waals surface area contributed by atoms with Crippen LogP contribution in [0.2, 0.25) is 0 Å².